The van der Waals surface area contributed by atoms with Crippen LogP contribution < -0.4 is 20.8 Å². The van der Waals surface area contributed by atoms with E-state index in [-0.39, 0.29) is 17.9 Å². The molecule has 0 radical (unpaired) electrons. The lowest BCUT2D eigenvalue weighted by molar-refractivity contribution is -0.308. The molecule has 4 aromatic rings. The maximum atomic E-state index is 12.6. The minimum Gasteiger partial charge on any atom is -0.548 e. The van der Waals surface area contributed by atoms with E-state index in [4.69, 9.17) is 9.15 Å². The Kier molecular flexibility index (Phi) is 5.78. The molecule has 1 amide bonds. The number of benzene rings is 2. The van der Waals surface area contributed by atoms with Gasteiger partial charge in [-0.25, -0.2) is 4.79 Å². The smallest absolute Gasteiger partial charge is 0.336 e. The quantitative estimate of drug-likeness (QED) is 0.363. The van der Waals surface area contributed by atoms with E-state index < -0.39 is 29.6 Å². The number of hydrogen-bond donors (Lipinski definition) is 3. The fourth-order valence-corrected chi connectivity index (χ4v) is 3.67. The monoisotopic (exact) mass is 449 g/mol. The topological polar surface area (TPSA) is 145 Å². The Morgan fingerprint density at radius 3 is 2.73 bits per heavy atom. The van der Waals surface area contributed by atoms with E-state index in [1.807, 2.05) is 0 Å². The molecule has 2 aromatic heterocycles. The molecule has 0 aliphatic rings. The molecular formula is C24H21N2O7-. The molecule has 3 N–H and O–H groups in total. The number of ether oxygens (including phenoxy) is 1. The van der Waals surface area contributed by atoms with Gasteiger partial charge in [0.25, 0.3) is 5.91 Å². The van der Waals surface area contributed by atoms with Crippen molar-refractivity contribution in [2.24, 2.45) is 0 Å². The van der Waals surface area contributed by atoms with Crippen molar-refractivity contribution < 1.29 is 29.0 Å². The molecule has 170 valence electrons. The van der Waals surface area contributed by atoms with Crippen molar-refractivity contribution >= 4 is 33.7 Å². The van der Waals surface area contributed by atoms with Crippen molar-refractivity contribution in [2.45, 2.75) is 32.4 Å². The van der Waals surface area contributed by atoms with Crippen LogP contribution in [0.5, 0.6) is 11.5 Å². The van der Waals surface area contributed by atoms with Crippen LogP contribution in [0.1, 0.15) is 18.1 Å². The predicted octanol–water partition coefficient (Wildman–Crippen LogP) is 1.53. The molecule has 2 aromatic carbocycles. The van der Waals surface area contributed by atoms with Crippen LogP contribution in [0, 0.1) is 6.92 Å². The number of fused-ring (bicyclic) bond motifs is 2. The summed E-state index contributed by atoms with van der Waals surface area (Å²) >= 11 is 0. The largest absolute Gasteiger partial charge is 0.548 e. The Bertz CT molecular complexity index is 1420. The summed E-state index contributed by atoms with van der Waals surface area (Å²) in [4.78, 5) is 38.9. The maximum absolute atomic E-state index is 12.6. The molecule has 0 unspecified atom stereocenters. The molecule has 9 heteroatoms. The number of aliphatic carboxylic acids is 1. The molecule has 0 aliphatic carbocycles. The number of aromatic nitrogens is 1. The summed E-state index contributed by atoms with van der Waals surface area (Å²) in [5.41, 5.74) is 1.90. The number of carbonyl (C=O) groups excluding carboxylic acids is 2. The lowest BCUT2D eigenvalue weighted by Crippen LogP contribution is -2.52. The number of carboxylic acids is 1. The van der Waals surface area contributed by atoms with E-state index >= 15 is 0 Å². The minimum absolute atomic E-state index is 0.0424. The molecular weight excluding hydrogens is 428 g/mol. The van der Waals surface area contributed by atoms with Crippen LogP contribution in [0.15, 0.2) is 57.9 Å². The number of carbonyl (C=O) groups is 2. The number of phenols is 1. The van der Waals surface area contributed by atoms with Gasteiger partial charge < -0.3 is 34.5 Å². The lowest BCUT2D eigenvalue weighted by atomic mass is 10.0. The average Bonchev–Trinajstić information content (AvgIpc) is 3.14. The number of aryl methyl sites for hydroxylation is 1. The highest BCUT2D eigenvalue weighted by molar-refractivity contribution is 5.88. The molecule has 2 atom stereocenters. The van der Waals surface area contributed by atoms with Gasteiger partial charge in [0.2, 0.25) is 0 Å². The van der Waals surface area contributed by atoms with Gasteiger partial charge in [0, 0.05) is 41.0 Å². The maximum Gasteiger partial charge on any atom is 0.336 e. The third-order valence-corrected chi connectivity index (χ3v) is 5.38. The van der Waals surface area contributed by atoms with Crippen molar-refractivity contribution in [3.63, 3.8) is 0 Å². The number of rotatable bonds is 7. The average molecular weight is 449 g/mol. The predicted molar refractivity (Wildman–Crippen MR) is 118 cm³/mol. The number of H-pyrrole nitrogens is 1. The van der Waals surface area contributed by atoms with Crippen molar-refractivity contribution in [2.75, 3.05) is 0 Å². The van der Waals surface area contributed by atoms with Crippen LogP contribution in [0.3, 0.4) is 0 Å². The Hall–Kier alpha value is -4.27. The Morgan fingerprint density at radius 2 is 1.97 bits per heavy atom. The first-order chi connectivity index (χ1) is 15.7. The molecule has 2 heterocycles. The van der Waals surface area contributed by atoms with Gasteiger partial charge >= 0.3 is 5.63 Å². The molecule has 0 aliphatic heterocycles. The van der Waals surface area contributed by atoms with Crippen molar-refractivity contribution in [1.82, 2.24) is 10.3 Å². The molecule has 0 fully saturated rings. The van der Waals surface area contributed by atoms with Gasteiger partial charge in [-0.1, -0.05) is 0 Å². The fraction of sp³-hybridized carbons (Fsp3) is 0.208. The third kappa shape index (κ3) is 4.67. The molecule has 4 rings (SSSR count). The van der Waals surface area contributed by atoms with E-state index in [0.29, 0.717) is 16.5 Å². The van der Waals surface area contributed by atoms with Gasteiger partial charge in [0.15, 0.2) is 6.10 Å². The number of amides is 1. The number of aromatic amines is 1. The first-order valence-corrected chi connectivity index (χ1v) is 10.2. The van der Waals surface area contributed by atoms with Crippen LogP contribution in [-0.2, 0) is 16.0 Å². The summed E-state index contributed by atoms with van der Waals surface area (Å²) in [6.07, 6.45) is 0.537. The van der Waals surface area contributed by atoms with Gasteiger partial charge in [0.1, 0.15) is 17.1 Å². The van der Waals surface area contributed by atoms with E-state index in [1.165, 1.54) is 31.2 Å². The highest BCUT2D eigenvalue weighted by atomic mass is 16.5. The standard InChI is InChI=1S/C24H22N2O7/c1-12-7-22(28)33-21-10-16(4-5-17(12)21)32-13(2)23(29)26-20(24(30)31)8-14-11-25-19-6-3-15(27)9-18(14)19/h3-7,9-11,13,20,25,27H,8H2,1-2H3,(H,26,29)(H,30,31)/p-1/t13-,20+/m1/s1. The number of hydrogen-bond acceptors (Lipinski definition) is 7. The molecule has 33 heavy (non-hydrogen) atoms. The SMILES string of the molecule is Cc1cc(=O)oc2cc(O[C@H](C)C(=O)N[C@@H](Cc3c[nH]c4ccc(O)cc34)C(=O)[O-])ccc12. The number of aromatic hydroxyl groups is 1. The molecule has 0 bridgehead atoms. The summed E-state index contributed by atoms with van der Waals surface area (Å²) in [6.45, 7) is 3.26. The highest BCUT2D eigenvalue weighted by Crippen LogP contribution is 2.25. The molecule has 0 saturated heterocycles. The van der Waals surface area contributed by atoms with E-state index in [0.717, 1.165) is 16.5 Å². The first kappa shape index (κ1) is 21.9. The van der Waals surface area contributed by atoms with Crippen LogP contribution in [-0.4, -0.2) is 34.1 Å². The Morgan fingerprint density at radius 1 is 1.18 bits per heavy atom. The number of carboxylic acid groups (broad SMARTS) is 1. The second-order valence-electron chi connectivity index (χ2n) is 7.79. The zero-order chi connectivity index (χ0) is 23.7. The zero-order valence-electron chi connectivity index (χ0n) is 17.9. The summed E-state index contributed by atoms with van der Waals surface area (Å²) in [7, 11) is 0. The van der Waals surface area contributed by atoms with Crippen LogP contribution in [0.25, 0.3) is 21.9 Å². The van der Waals surface area contributed by atoms with Crippen LogP contribution in [0.2, 0.25) is 0 Å². The van der Waals surface area contributed by atoms with E-state index in [1.54, 1.807) is 31.3 Å². The molecule has 0 spiro atoms. The van der Waals surface area contributed by atoms with Crippen molar-refractivity contribution in [3.8, 4) is 11.5 Å². The second kappa shape index (κ2) is 8.70. The van der Waals surface area contributed by atoms with Crippen LogP contribution in [0.4, 0.5) is 0 Å². The minimum atomic E-state index is -1.45. The summed E-state index contributed by atoms with van der Waals surface area (Å²) in [6, 6.07) is 9.61. The first-order valence-electron chi connectivity index (χ1n) is 10.2. The zero-order valence-corrected chi connectivity index (χ0v) is 17.9. The summed E-state index contributed by atoms with van der Waals surface area (Å²) < 4.78 is 10.8. The lowest BCUT2D eigenvalue weighted by Gasteiger charge is -2.22. The summed E-state index contributed by atoms with van der Waals surface area (Å²) in [5, 5.41) is 25.2. The molecule has 0 saturated carbocycles. The number of nitrogens with one attached hydrogen (secondary N) is 2. The molecule has 9 nitrogen and oxygen atoms in total. The second-order valence-corrected chi connectivity index (χ2v) is 7.79. The van der Waals surface area contributed by atoms with Gasteiger partial charge in [-0.15, -0.1) is 0 Å². The van der Waals surface area contributed by atoms with Crippen LogP contribution >= 0.6 is 0 Å². The van der Waals surface area contributed by atoms with Crippen molar-refractivity contribution in [3.05, 3.63) is 70.2 Å². The Labute approximate surface area is 187 Å². The highest BCUT2D eigenvalue weighted by Gasteiger charge is 2.22. The number of phenolic OH excluding ortho intramolecular Hbond substituents is 1. The third-order valence-electron chi connectivity index (χ3n) is 5.38. The van der Waals surface area contributed by atoms with Gasteiger partial charge in [-0.05, 0) is 55.3 Å². The van der Waals surface area contributed by atoms with Gasteiger partial charge in [-0.3, -0.25) is 4.79 Å². The van der Waals surface area contributed by atoms with E-state index in [2.05, 4.69) is 10.3 Å². The Balaban J connectivity index is 1.48. The van der Waals surface area contributed by atoms with Gasteiger partial charge in [-0.2, -0.15) is 0 Å². The fourth-order valence-electron chi connectivity index (χ4n) is 3.67. The summed E-state index contributed by atoms with van der Waals surface area (Å²) in [5.74, 6) is -1.78. The van der Waals surface area contributed by atoms with Crippen molar-refractivity contribution in [1.29, 1.82) is 0 Å². The normalized spacial score (nSPS) is 13.0. The van der Waals surface area contributed by atoms with Gasteiger partial charge in [0.05, 0.1) is 12.0 Å². The van der Waals surface area contributed by atoms with E-state index in [9.17, 15) is 24.6 Å².